The number of hydrogen-bond donors (Lipinski definition) is 2. The van der Waals surface area contributed by atoms with Crippen LogP contribution in [-0.2, 0) is 0 Å². The molecule has 27 heavy (non-hydrogen) atoms. The Bertz CT molecular complexity index is 1140. The Kier molecular flexibility index (Phi) is 4.01. The topological polar surface area (TPSA) is 89.3 Å². The Labute approximate surface area is 159 Å². The summed E-state index contributed by atoms with van der Waals surface area (Å²) < 4.78 is 0. The van der Waals surface area contributed by atoms with Gasteiger partial charge in [-0.2, -0.15) is 0 Å². The summed E-state index contributed by atoms with van der Waals surface area (Å²) in [4.78, 5) is 38.5. The molecule has 3 aromatic rings. The first-order valence-electron chi connectivity index (χ1n) is 8.16. The molecule has 3 N–H and O–H groups in total. The fourth-order valence-corrected chi connectivity index (χ4v) is 3.41. The largest absolute Gasteiger partial charge is 0.398 e. The van der Waals surface area contributed by atoms with Gasteiger partial charge in [0.2, 0.25) is 0 Å². The van der Waals surface area contributed by atoms with Crippen LogP contribution in [0.4, 0.5) is 11.4 Å². The van der Waals surface area contributed by atoms with E-state index in [9.17, 15) is 14.4 Å². The average Bonchev–Trinajstić information content (AvgIpc) is 2.67. The van der Waals surface area contributed by atoms with Crippen LogP contribution in [0, 0.1) is 0 Å². The van der Waals surface area contributed by atoms with Gasteiger partial charge >= 0.3 is 0 Å². The van der Waals surface area contributed by atoms with Crippen molar-refractivity contribution in [2.24, 2.45) is 0 Å². The maximum atomic E-state index is 13.0. The molecule has 0 radical (unpaired) electrons. The summed E-state index contributed by atoms with van der Waals surface area (Å²) in [6.07, 6.45) is 0. The van der Waals surface area contributed by atoms with Crippen molar-refractivity contribution in [3.8, 4) is 0 Å². The van der Waals surface area contributed by atoms with Gasteiger partial charge in [0.25, 0.3) is 5.91 Å². The third kappa shape index (κ3) is 2.69. The van der Waals surface area contributed by atoms with Crippen molar-refractivity contribution < 1.29 is 14.4 Å². The minimum atomic E-state index is -0.480. The molecule has 0 bridgehead atoms. The lowest BCUT2D eigenvalue weighted by Gasteiger charge is -2.22. The molecule has 1 aliphatic carbocycles. The van der Waals surface area contributed by atoms with Gasteiger partial charge in [-0.3, -0.25) is 14.4 Å². The summed E-state index contributed by atoms with van der Waals surface area (Å²) in [5, 5.41) is 2.97. The number of halogens is 1. The second kappa shape index (κ2) is 6.37. The number of anilines is 2. The summed E-state index contributed by atoms with van der Waals surface area (Å²) in [5.41, 5.74) is 7.44. The average molecular weight is 377 g/mol. The van der Waals surface area contributed by atoms with E-state index in [2.05, 4.69) is 5.32 Å². The lowest BCUT2D eigenvalue weighted by Crippen LogP contribution is -2.25. The number of hydrogen-bond acceptors (Lipinski definition) is 4. The van der Waals surface area contributed by atoms with Crippen LogP contribution in [-0.4, -0.2) is 17.5 Å². The minimum absolute atomic E-state index is 0.0964. The van der Waals surface area contributed by atoms with Crippen molar-refractivity contribution in [3.05, 3.63) is 93.5 Å². The molecule has 0 fully saturated rings. The lowest BCUT2D eigenvalue weighted by atomic mass is 9.82. The van der Waals surface area contributed by atoms with Gasteiger partial charge in [0.15, 0.2) is 11.6 Å². The molecule has 6 heteroatoms. The molecule has 0 heterocycles. The molecular formula is C21H13ClN2O3. The summed E-state index contributed by atoms with van der Waals surface area (Å²) in [7, 11) is 0. The first-order valence-corrected chi connectivity index (χ1v) is 8.53. The van der Waals surface area contributed by atoms with Crippen LogP contribution in [0.3, 0.4) is 0 Å². The van der Waals surface area contributed by atoms with Gasteiger partial charge in [0.05, 0.1) is 27.4 Å². The van der Waals surface area contributed by atoms with Gasteiger partial charge < -0.3 is 11.1 Å². The SMILES string of the molecule is Nc1ccc(NC(=O)c2ccccc2Cl)c2c1C(=O)c1ccccc1C2=O. The fourth-order valence-electron chi connectivity index (χ4n) is 3.19. The third-order valence-electron chi connectivity index (χ3n) is 4.47. The van der Waals surface area contributed by atoms with Crippen LogP contribution in [0.15, 0.2) is 60.7 Å². The van der Waals surface area contributed by atoms with Gasteiger partial charge in [-0.25, -0.2) is 0 Å². The molecular weight excluding hydrogens is 364 g/mol. The van der Waals surface area contributed by atoms with Crippen LogP contribution in [0.5, 0.6) is 0 Å². The van der Waals surface area contributed by atoms with E-state index in [-0.39, 0.29) is 50.2 Å². The molecule has 0 aromatic heterocycles. The van der Waals surface area contributed by atoms with Gasteiger partial charge in [-0.15, -0.1) is 0 Å². The van der Waals surface area contributed by atoms with Crippen molar-refractivity contribution >= 4 is 40.4 Å². The van der Waals surface area contributed by atoms with Crippen molar-refractivity contribution in [1.82, 2.24) is 0 Å². The molecule has 1 aliphatic rings. The number of nitrogens with one attached hydrogen (secondary N) is 1. The van der Waals surface area contributed by atoms with E-state index in [1.807, 2.05) is 0 Å². The van der Waals surface area contributed by atoms with E-state index in [1.54, 1.807) is 48.5 Å². The summed E-state index contributed by atoms with van der Waals surface area (Å²) in [5.74, 6) is -1.18. The third-order valence-corrected chi connectivity index (χ3v) is 4.80. The minimum Gasteiger partial charge on any atom is -0.398 e. The fraction of sp³-hybridized carbons (Fsp3) is 0. The predicted octanol–water partition coefficient (Wildman–Crippen LogP) is 3.95. The normalized spacial score (nSPS) is 12.3. The zero-order valence-electron chi connectivity index (χ0n) is 14.0. The van der Waals surface area contributed by atoms with Crippen LogP contribution < -0.4 is 11.1 Å². The van der Waals surface area contributed by atoms with Gasteiger partial charge in [-0.05, 0) is 24.3 Å². The van der Waals surface area contributed by atoms with Crippen molar-refractivity contribution in [2.45, 2.75) is 0 Å². The van der Waals surface area contributed by atoms with E-state index >= 15 is 0 Å². The second-order valence-corrected chi connectivity index (χ2v) is 6.50. The highest BCUT2D eigenvalue weighted by atomic mass is 35.5. The molecule has 0 saturated heterocycles. The van der Waals surface area contributed by atoms with E-state index in [1.165, 1.54) is 12.1 Å². The zero-order chi connectivity index (χ0) is 19.1. The van der Waals surface area contributed by atoms with Gasteiger partial charge in [0, 0.05) is 16.8 Å². The van der Waals surface area contributed by atoms with Crippen molar-refractivity contribution in [2.75, 3.05) is 11.1 Å². The van der Waals surface area contributed by atoms with E-state index in [0.717, 1.165) is 0 Å². The smallest absolute Gasteiger partial charge is 0.257 e. The van der Waals surface area contributed by atoms with Crippen LogP contribution in [0.1, 0.15) is 42.2 Å². The van der Waals surface area contributed by atoms with E-state index in [4.69, 9.17) is 17.3 Å². The molecule has 0 spiro atoms. The predicted molar refractivity (Wildman–Crippen MR) is 104 cm³/mol. The molecule has 132 valence electrons. The Balaban J connectivity index is 1.84. The van der Waals surface area contributed by atoms with Gasteiger partial charge in [-0.1, -0.05) is 48.0 Å². The zero-order valence-corrected chi connectivity index (χ0v) is 14.7. The molecule has 0 atom stereocenters. The number of benzene rings is 3. The first-order chi connectivity index (χ1) is 13.0. The summed E-state index contributed by atoms with van der Waals surface area (Å²) >= 11 is 6.07. The molecule has 4 rings (SSSR count). The standard InChI is InChI=1S/C21H13ClN2O3/c22-14-8-4-3-7-13(14)21(27)24-16-10-9-15(23)17-18(16)20(26)12-6-2-1-5-11(12)19(17)25/h1-10H,23H2,(H,24,27). The second-order valence-electron chi connectivity index (χ2n) is 6.09. The maximum absolute atomic E-state index is 13.0. The Morgan fingerprint density at radius 3 is 2.07 bits per heavy atom. The monoisotopic (exact) mass is 376 g/mol. The first kappa shape index (κ1) is 17.0. The van der Waals surface area contributed by atoms with Crippen LogP contribution in [0.2, 0.25) is 5.02 Å². The maximum Gasteiger partial charge on any atom is 0.257 e. The molecule has 5 nitrogen and oxygen atoms in total. The Hall–Kier alpha value is -3.44. The summed E-state index contributed by atoms with van der Waals surface area (Å²) in [6.45, 7) is 0. The molecule has 3 aromatic carbocycles. The number of fused-ring (bicyclic) bond motifs is 2. The number of nitrogen functional groups attached to an aromatic ring is 1. The highest BCUT2D eigenvalue weighted by Gasteiger charge is 2.33. The molecule has 1 amide bonds. The number of carbonyl (C=O) groups excluding carboxylic acids is 3. The Morgan fingerprint density at radius 1 is 0.815 bits per heavy atom. The number of carbonyl (C=O) groups is 3. The molecule has 0 unspecified atom stereocenters. The number of nitrogens with two attached hydrogens (primary N) is 1. The molecule has 0 saturated carbocycles. The van der Waals surface area contributed by atoms with E-state index in [0.29, 0.717) is 5.56 Å². The van der Waals surface area contributed by atoms with Crippen molar-refractivity contribution in [1.29, 1.82) is 0 Å². The van der Waals surface area contributed by atoms with Gasteiger partial charge in [0.1, 0.15) is 0 Å². The lowest BCUT2D eigenvalue weighted by molar-refractivity contribution is 0.0979. The number of rotatable bonds is 2. The highest BCUT2D eigenvalue weighted by Crippen LogP contribution is 2.35. The Morgan fingerprint density at radius 2 is 1.41 bits per heavy atom. The molecule has 0 aliphatic heterocycles. The van der Waals surface area contributed by atoms with Crippen LogP contribution in [0.25, 0.3) is 0 Å². The number of amides is 1. The van der Waals surface area contributed by atoms with Crippen LogP contribution >= 0.6 is 11.6 Å². The highest BCUT2D eigenvalue weighted by molar-refractivity contribution is 6.35. The quantitative estimate of drug-likeness (QED) is 0.518. The summed E-state index contributed by atoms with van der Waals surface area (Å²) in [6, 6.07) is 16.1. The van der Waals surface area contributed by atoms with E-state index < -0.39 is 5.91 Å². The number of ketones is 2. The van der Waals surface area contributed by atoms with Crippen molar-refractivity contribution in [3.63, 3.8) is 0 Å².